The molecule has 130 valence electrons. The van der Waals surface area contributed by atoms with Gasteiger partial charge in [-0.15, -0.1) is 0 Å². The van der Waals surface area contributed by atoms with Gasteiger partial charge < -0.3 is 9.64 Å². The smallest absolute Gasteiger partial charge is 0.205 e. The van der Waals surface area contributed by atoms with Gasteiger partial charge in [-0.05, 0) is 12.1 Å². The van der Waals surface area contributed by atoms with Crippen molar-refractivity contribution < 1.29 is 9.13 Å². The molecule has 2 heterocycles. The highest BCUT2D eigenvalue weighted by Crippen LogP contribution is 2.23. The van der Waals surface area contributed by atoms with Gasteiger partial charge in [0.05, 0.1) is 6.61 Å². The van der Waals surface area contributed by atoms with Crippen LogP contribution in [0.25, 0.3) is 0 Å². The maximum atomic E-state index is 13.9. The second-order valence-corrected chi connectivity index (χ2v) is 6.84. The third-order valence-electron chi connectivity index (χ3n) is 4.07. The predicted molar refractivity (Wildman–Crippen MR) is 94.4 cm³/mol. The third-order valence-corrected chi connectivity index (χ3v) is 5.24. The standard InChI is InChI=1S/C16H20ClFN4OS/c1-23-10-5-15-19-16(24-20-15)22-8-6-21(7-9-22)11-12-13(17)3-2-4-14(12)18/h2-4H,5-11H2,1H3. The van der Waals surface area contributed by atoms with Crippen molar-refractivity contribution in [3.8, 4) is 0 Å². The molecular weight excluding hydrogens is 351 g/mol. The molecule has 8 heteroatoms. The SMILES string of the molecule is COCCc1nsc(N2CCN(Cc3c(F)cccc3Cl)CC2)n1. The average molecular weight is 371 g/mol. The summed E-state index contributed by atoms with van der Waals surface area (Å²) in [6.45, 7) is 4.56. The van der Waals surface area contributed by atoms with E-state index in [1.54, 1.807) is 19.2 Å². The van der Waals surface area contributed by atoms with Crippen molar-refractivity contribution in [2.75, 3.05) is 44.8 Å². The summed E-state index contributed by atoms with van der Waals surface area (Å²) in [5.74, 6) is 0.592. The lowest BCUT2D eigenvalue weighted by molar-refractivity contribution is 0.201. The Bertz CT molecular complexity index is 656. The van der Waals surface area contributed by atoms with Crippen LogP contribution in [0.3, 0.4) is 0 Å². The summed E-state index contributed by atoms with van der Waals surface area (Å²) in [6.07, 6.45) is 0.735. The Hall–Kier alpha value is -1.28. The van der Waals surface area contributed by atoms with Crippen LogP contribution in [0.5, 0.6) is 0 Å². The monoisotopic (exact) mass is 370 g/mol. The molecule has 0 atom stereocenters. The molecule has 1 saturated heterocycles. The van der Waals surface area contributed by atoms with Gasteiger partial charge in [-0.1, -0.05) is 17.7 Å². The van der Waals surface area contributed by atoms with Crippen LogP contribution >= 0.6 is 23.1 Å². The number of nitrogens with zero attached hydrogens (tertiary/aromatic N) is 4. The van der Waals surface area contributed by atoms with Crippen molar-refractivity contribution in [2.24, 2.45) is 0 Å². The van der Waals surface area contributed by atoms with Crippen molar-refractivity contribution >= 4 is 28.3 Å². The molecule has 5 nitrogen and oxygen atoms in total. The van der Waals surface area contributed by atoms with E-state index >= 15 is 0 Å². The number of benzene rings is 1. The van der Waals surface area contributed by atoms with Gasteiger partial charge in [0.1, 0.15) is 11.6 Å². The molecular formula is C16H20ClFN4OS. The largest absolute Gasteiger partial charge is 0.384 e. The van der Waals surface area contributed by atoms with E-state index in [1.807, 2.05) is 0 Å². The quantitative estimate of drug-likeness (QED) is 0.782. The van der Waals surface area contributed by atoms with Crippen molar-refractivity contribution in [1.82, 2.24) is 14.3 Å². The number of aromatic nitrogens is 2. The van der Waals surface area contributed by atoms with Crippen molar-refractivity contribution in [2.45, 2.75) is 13.0 Å². The number of rotatable bonds is 6. The van der Waals surface area contributed by atoms with Gasteiger partial charge in [-0.3, -0.25) is 4.90 Å². The molecule has 1 aromatic heterocycles. The summed E-state index contributed by atoms with van der Waals surface area (Å²) in [5.41, 5.74) is 0.574. The minimum Gasteiger partial charge on any atom is -0.384 e. The molecule has 0 aliphatic carbocycles. The minimum atomic E-state index is -0.239. The van der Waals surface area contributed by atoms with E-state index in [-0.39, 0.29) is 5.82 Å². The lowest BCUT2D eigenvalue weighted by Crippen LogP contribution is -2.46. The lowest BCUT2D eigenvalue weighted by atomic mass is 10.2. The zero-order chi connectivity index (χ0) is 16.9. The molecule has 0 radical (unpaired) electrons. The van der Waals surface area contributed by atoms with Crippen LogP contribution in [-0.4, -0.2) is 54.2 Å². The van der Waals surface area contributed by atoms with Gasteiger partial charge in [0.25, 0.3) is 0 Å². The van der Waals surface area contributed by atoms with Crippen molar-refractivity contribution in [3.05, 3.63) is 40.4 Å². The Balaban J connectivity index is 1.55. The molecule has 1 aromatic carbocycles. The average Bonchev–Trinajstić information content (AvgIpc) is 3.06. The van der Waals surface area contributed by atoms with Crippen LogP contribution in [0.1, 0.15) is 11.4 Å². The summed E-state index contributed by atoms with van der Waals surface area (Å²) >= 11 is 7.54. The fourth-order valence-electron chi connectivity index (χ4n) is 2.67. The first-order valence-corrected chi connectivity index (χ1v) is 9.04. The summed E-state index contributed by atoms with van der Waals surface area (Å²) in [4.78, 5) is 9.01. The summed E-state index contributed by atoms with van der Waals surface area (Å²) in [7, 11) is 1.67. The normalized spacial score (nSPS) is 15.9. The van der Waals surface area contributed by atoms with E-state index in [0.717, 1.165) is 43.6 Å². The van der Waals surface area contributed by atoms with Gasteiger partial charge in [-0.2, -0.15) is 4.37 Å². The number of methoxy groups -OCH3 is 1. The van der Waals surface area contributed by atoms with Gasteiger partial charge >= 0.3 is 0 Å². The molecule has 0 spiro atoms. The summed E-state index contributed by atoms with van der Waals surface area (Å²) in [5, 5.41) is 1.44. The first-order valence-electron chi connectivity index (χ1n) is 7.89. The molecule has 2 aromatic rings. The van der Waals surface area contributed by atoms with Crippen LogP contribution in [0.2, 0.25) is 5.02 Å². The molecule has 3 rings (SSSR count). The number of piperazine rings is 1. The predicted octanol–water partition coefficient (Wildman–Crippen LogP) is 2.84. The van der Waals surface area contributed by atoms with Crippen LogP contribution in [0.4, 0.5) is 9.52 Å². The Morgan fingerprint density at radius 2 is 2.08 bits per heavy atom. The molecule has 1 aliphatic rings. The Labute approximate surface area is 150 Å². The van der Waals surface area contributed by atoms with E-state index in [0.29, 0.717) is 23.7 Å². The minimum absolute atomic E-state index is 0.239. The topological polar surface area (TPSA) is 41.5 Å². The number of hydrogen-bond acceptors (Lipinski definition) is 6. The first kappa shape index (κ1) is 17.5. The summed E-state index contributed by atoms with van der Waals surface area (Å²) in [6, 6.07) is 4.83. The second-order valence-electron chi connectivity index (χ2n) is 5.70. The van der Waals surface area contributed by atoms with Gasteiger partial charge in [0, 0.05) is 68.4 Å². The first-order chi connectivity index (χ1) is 11.7. The van der Waals surface area contributed by atoms with Crippen molar-refractivity contribution in [1.29, 1.82) is 0 Å². The van der Waals surface area contributed by atoms with Gasteiger partial charge in [0.2, 0.25) is 5.13 Å². The molecule has 0 saturated carbocycles. The van der Waals surface area contributed by atoms with E-state index in [9.17, 15) is 4.39 Å². The van der Waals surface area contributed by atoms with E-state index < -0.39 is 0 Å². The molecule has 1 aliphatic heterocycles. The number of anilines is 1. The summed E-state index contributed by atoms with van der Waals surface area (Å²) < 4.78 is 23.3. The van der Waals surface area contributed by atoms with E-state index in [2.05, 4.69) is 19.2 Å². The maximum Gasteiger partial charge on any atom is 0.205 e. The number of ether oxygens (including phenoxy) is 1. The van der Waals surface area contributed by atoms with Crippen molar-refractivity contribution in [3.63, 3.8) is 0 Å². The fourth-order valence-corrected chi connectivity index (χ4v) is 3.66. The Morgan fingerprint density at radius 3 is 2.79 bits per heavy atom. The van der Waals surface area contributed by atoms with Crippen LogP contribution in [0, 0.1) is 5.82 Å². The molecule has 0 N–H and O–H groups in total. The molecule has 1 fully saturated rings. The Morgan fingerprint density at radius 1 is 1.29 bits per heavy atom. The second kappa shape index (κ2) is 8.20. The maximum absolute atomic E-state index is 13.9. The number of hydrogen-bond donors (Lipinski definition) is 0. The van der Waals surface area contributed by atoms with Crippen LogP contribution in [0.15, 0.2) is 18.2 Å². The highest BCUT2D eigenvalue weighted by atomic mass is 35.5. The molecule has 0 bridgehead atoms. The lowest BCUT2D eigenvalue weighted by Gasteiger charge is -2.34. The molecule has 24 heavy (non-hydrogen) atoms. The zero-order valence-electron chi connectivity index (χ0n) is 13.5. The number of halogens is 2. The van der Waals surface area contributed by atoms with Crippen LogP contribution < -0.4 is 4.90 Å². The van der Waals surface area contributed by atoms with Gasteiger partial charge in [-0.25, -0.2) is 9.37 Å². The Kier molecular flexibility index (Phi) is 5.99. The fraction of sp³-hybridized carbons (Fsp3) is 0.500. The highest BCUT2D eigenvalue weighted by molar-refractivity contribution is 7.09. The van der Waals surface area contributed by atoms with Crippen LogP contribution in [-0.2, 0) is 17.7 Å². The molecule has 0 unspecified atom stereocenters. The molecule has 0 amide bonds. The highest BCUT2D eigenvalue weighted by Gasteiger charge is 2.21. The van der Waals surface area contributed by atoms with Gasteiger partial charge in [0.15, 0.2) is 0 Å². The van der Waals surface area contributed by atoms with E-state index in [4.69, 9.17) is 16.3 Å². The zero-order valence-corrected chi connectivity index (χ0v) is 15.1. The van der Waals surface area contributed by atoms with E-state index in [1.165, 1.54) is 17.6 Å². The third kappa shape index (κ3) is 4.22.